The minimum absolute atomic E-state index is 0.0316. The van der Waals surface area contributed by atoms with Crippen LogP contribution in [-0.2, 0) is 11.3 Å². The molecule has 2 heterocycles. The minimum Gasteiger partial charge on any atom is -0.348 e. The lowest BCUT2D eigenvalue weighted by atomic mass is 9.95. The number of carbonyl (C=O) groups excluding carboxylic acids is 2. The van der Waals surface area contributed by atoms with Crippen LogP contribution in [0.3, 0.4) is 0 Å². The fourth-order valence-corrected chi connectivity index (χ4v) is 3.93. The van der Waals surface area contributed by atoms with Crippen LogP contribution in [0.1, 0.15) is 43.6 Å². The van der Waals surface area contributed by atoms with Gasteiger partial charge in [-0.15, -0.1) is 0 Å². The van der Waals surface area contributed by atoms with Crippen molar-refractivity contribution in [2.45, 2.75) is 45.8 Å². The number of hydrogen-bond acceptors (Lipinski definition) is 2. The molecule has 2 aromatic rings. The highest BCUT2D eigenvalue weighted by atomic mass is 16.2. The summed E-state index contributed by atoms with van der Waals surface area (Å²) in [4.78, 5) is 31.4. The first-order valence-electron chi connectivity index (χ1n) is 10.1. The summed E-state index contributed by atoms with van der Waals surface area (Å²) in [5.74, 6) is -0.0316. The van der Waals surface area contributed by atoms with E-state index in [0.717, 1.165) is 23.4 Å². The van der Waals surface area contributed by atoms with Crippen molar-refractivity contribution in [3.63, 3.8) is 0 Å². The summed E-state index contributed by atoms with van der Waals surface area (Å²) in [5.41, 5.74) is 2.94. The van der Waals surface area contributed by atoms with E-state index in [1.54, 1.807) is 19.0 Å². The second-order valence-electron chi connectivity index (χ2n) is 8.91. The minimum atomic E-state index is -0.453. The molecule has 1 aromatic carbocycles. The molecular formula is C23H32N4O2. The van der Waals surface area contributed by atoms with Gasteiger partial charge in [-0.25, -0.2) is 4.79 Å². The molecule has 0 radical (unpaired) electrons. The average molecular weight is 397 g/mol. The maximum Gasteiger partial charge on any atom is 0.320 e. The summed E-state index contributed by atoms with van der Waals surface area (Å²) < 4.78 is 2.22. The van der Waals surface area contributed by atoms with Crippen molar-refractivity contribution in [3.8, 4) is 0 Å². The van der Waals surface area contributed by atoms with Crippen molar-refractivity contribution < 1.29 is 9.59 Å². The Bertz CT molecular complexity index is 894. The molecule has 0 aliphatic carbocycles. The zero-order valence-electron chi connectivity index (χ0n) is 18.3. The Labute approximate surface area is 173 Å². The summed E-state index contributed by atoms with van der Waals surface area (Å²) in [6.07, 6.45) is 2.07. The third kappa shape index (κ3) is 4.16. The van der Waals surface area contributed by atoms with Gasteiger partial charge in [0.05, 0.1) is 6.04 Å². The fourth-order valence-electron chi connectivity index (χ4n) is 3.93. The van der Waals surface area contributed by atoms with Gasteiger partial charge in [0.1, 0.15) is 6.54 Å². The van der Waals surface area contributed by atoms with E-state index in [9.17, 15) is 9.59 Å². The van der Waals surface area contributed by atoms with E-state index >= 15 is 0 Å². The van der Waals surface area contributed by atoms with Crippen molar-refractivity contribution in [1.29, 1.82) is 0 Å². The molecule has 0 saturated carbocycles. The number of fused-ring (bicyclic) bond motifs is 1. The Kier molecular flexibility index (Phi) is 5.73. The van der Waals surface area contributed by atoms with Gasteiger partial charge in [0.25, 0.3) is 0 Å². The molecule has 6 nitrogen and oxygen atoms in total. The van der Waals surface area contributed by atoms with E-state index in [0.29, 0.717) is 6.54 Å². The first kappa shape index (κ1) is 21.0. The van der Waals surface area contributed by atoms with Crippen molar-refractivity contribution in [2.75, 3.05) is 27.2 Å². The number of amides is 3. The summed E-state index contributed by atoms with van der Waals surface area (Å²) in [6.45, 7) is 9.40. The van der Waals surface area contributed by atoms with Crippen LogP contribution in [0.25, 0.3) is 0 Å². The first-order valence-corrected chi connectivity index (χ1v) is 10.1. The highest BCUT2D eigenvalue weighted by molar-refractivity contribution is 5.85. The predicted octanol–water partition coefficient (Wildman–Crippen LogP) is 3.51. The molecule has 1 aliphatic heterocycles. The molecule has 1 atom stereocenters. The molecule has 1 aromatic heterocycles. The molecule has 0 bridgehead atoms. The molecule has 156 valence electrons. The highest BCUT2D eigenvalue weighted by Crippen LogP contribution is 2.34. The van der Waals surface area contributed by atoms with Gasteiger partial charge >= 0.3 is 6.03 Å². The molecule has 0 N–H and O–H groups in total. The molecule has 1 aliphatic rings. The molecular weight excluding hydrogens is 364 g/mol. The van der Waals surface area contributed by atoms with Gasteiger partial charge in [-0.3, -0.25) is 4.79 Å². The van der Waals surface area contributed by atoms with Crippen molar-refractivity contribution in [1.82, 2.24) is 19.3 Å². The number of nitrogens with zero attached hydrogens (tertiary/aromatic N) is 4. The van der Waals surface area contributed by atoms with Crippen LogP contribution in [0.15, 0.2) is 42.6 Å². The van der Waals surface area contributed by atoms with Crippen molar-refractivity contribution >= 4 is 11.9 Å². The van der Waals surface area contributed by atoms with Crippen LogP contribution in [0.4, 0.5) is 4.79 Å². The highest BCUT2D eigenvalue weighted by Gasteiger charge is 2.36. The molecule has 1 unspecified atom stereocenters. The maximum absolute atomic E-state index is 13.5. The summed E-state index contributed by atoms with van der Waals surface area (Å²) in [5, 5.41) is 0. The number of aromatic nitrogens is 1. The van der Waals surface area contributed by atoms with E-state index in [1.807, 2.05) is 43.9 Å². The Morgan fingerprint density at radius 3 is 2.38 bits per heavy atom. The Hall–Kier alpha value is -2.76. The molecule has 3 amide bonds. The maximum atomic E-state index is 13.5. The standard InChI is InChI=1S/C23H32N4O2/c1-17-10-7-8-11-18(17)21-19-12-9-13-25(19)14-15-26(21)20(28)16-27(23(2,3)4)22(29)24(5)6/h7-13,21H,14-16H2,1-6H3. The van der Waals surface area contributed by atoms with Crippen LogP contribution in [-0.4, -0.2) is 63.9 Å². The van der Waals surface area contributed by atoms with Crippen molar-refractivity contribution in [2.24, 2.45) is 0 Å². The monoisotopic (exact) mass is 396 g/mol. The van der Waals surface area contributed by atoms with Gasteiger partial charge in [-0.1, -0.05) is 24.3 Å². The molecule has 0 spiro atoms. The van der Waals surface area contributed by atoms with Crippen LogP contribution < -0.4 is 0 Å². The summed E-state index contributed by atoms with van der Waals surface area (Å²) in [6, 6.07) is 12.0. The number of aryl methyl sites for hydroxylation is 1. The molecule has 3 rings (SSSR count). The topological polar surface area (TPSA) is 48.8 Å². The predicted molar refractivity (Wildman–Crippen MR) is 115 cm³/mol. The zero-order valence-corrected chi connectivity index (χ0v) is 18.3. The number of carbonyl (C=O) groups is 2. The SMILES string of the molecule is Cc1ccccc1C1c2cccn2CCN1C(=O)CN(C(=O)N(C)C)C(C)(C)C. The smallest absolute Gasteiger partial charge is 0.320 e. The zero-order chi connectivity index (χ0) is 21.3. The van der Waals surface area contributed by atoms with E-state index in [4.69, 9.17) is 0 Å². The largest absolute Gasteiger partial charge is 0.348 e. The van der Waals surface area contributed by atoms with Gasteiger partial charge in [-0.2, -0.15) is 0 Å². The van der Waals surface area contributed by atoms with E-state index < -0.39 is 5.54 Å². The van der Waals surface area contributed by atoms with Gasteiger partial charge in [0, 0.05) is 44.6 Å². The van der Waals surface area contributed by atoms with Gasteiger partial charge in [0.2, 0.25) is 5.91 Å². The molecule has 29 heavy (non-hydrogen) atoms. The lowest BCUT2D eigenvalue weighted by Gasteiger charge is -2.41. The number of rotatable bonds is 3. The molecule has 6 heteroatoms. The van der Waals surface area contributed by atoms with E-state index in [1.165, 1.54) is 4.90 Å². The van der Waals surface area contributed by atoms with Crippen LogP contribution in [0, 0.1) is 6.92 Å². The normalized spacial score (nSPS) is 16.3. The number of benzene rings is 1. The van der Waals surface area contributed by atoms with Crippen LogP contribution >= 0.6 is 0 Å². The number of hydrogen-bond donors (Lipinski definition) is 0. The Morgan fingerprint density at radius 2 is 1.76 bits per heavy atom. The lowest BCUT2D eigenvalue weighted by Crippen LogP contribution is -2.55. The Balaban J connectivity index is 1.96. The number of urea groups is 1. The van der Waals surface area contributed by atoms with E-state index in [2.05, 4.69) is 35.9 Å². The van der Waals surface area contributed by atoms with Crippen LogP contribution in [0.2, 0.25) is 0 Å². The van der Waals surface area contributed by atoms with Gasteiger partial charge < -0.3 is 19.3 Å². The fraction of sp³-hybridized carbons (Fsp3) is 0.478. The molecule has 0 saturated heterocycles. The average Bonchev–Trinajstić information content (AvgIpc) is 3.13. The van der Waals surface area contributed by atoms with Gasteiger partial charge in [0.15, 0.2) is 0 Å². The quantitative estimate of drug-likeness (QED) is 0.797. The first-order chi connectivity index (χ1) is 13.6. The summed E-state index contributed by atoms with van der Waals surface area (Å²) in [7, 11) is 3.44. The van der Waals surface area contributed by atoms with Gasteiger partial charge in [-0.05, 0) is 51.0 Å². The second kappa shape index (κ2) is 7.93. The van der Waals surface area contributed by atoms with Crippen LogP contribution in [0.5, 0.6) is 0 Å². The third-order valence-electron chi connectivity index (χ3n) is 5.56. The summed E-state index contributed by atoms with van der Waals surface area (Å²) >= 11 is 0. The second-order valence-corrected chi connectivity index (χ2v) is 8.91. The van der Waals surface area contributed by atoms with Crippen molar-refractivity contribution in [3.05, 3.63) is 59.4 Å². The molecule has 0 fully saturated rings. The third-order valence-corrected chi connectivity index (χ3v) is 5.56. The van der Waals surface area contributed by atoms with E-state index in [-0.39, 0.29) is 24.5 Å². The Morgan fingerprint density at radius 1 is 1.07 bits per heavy atom. The lowest BCUT2D eigenvalue weighted by molar-refractivity contribution is -0.135.